The smallest absolute Gasteiger partial charge is 0.183 e. The van der Waals surface area contributed by atoms with Gasteiger partial charge in [0.2, 0.25) is 0 Å². The number of anilines is 1. The fourth-order valence-corrected chi connectivity index (χ4v) is 2.90. The van der Waals surface area contributed by atoms with Gasteiger partial charge in [-0.3, -0.25) is 0 Å². The fourth-order valence-electron chi connectivity index (χ4n) is 2.81. The van der Waals surface area contributed by atoms with E-state index in [0.717, 1.165) is 5.82 Å². The average molecular weight is 388 g/mol. The minimum Gasteiger partial charge on any atom is -0.394 e. The minimum atomic E-state index is -1.29. The Hall–Kier alpha value is -1.69. The molecule has 1 saturated heterocycles. The third-order valence-electron chi connectivity index (χ3n) is 4.13. The van der Waals surface area contributed by atoms with Crippen LogP contribution in [0.3, 0.4) is 0 Å². The first kappa shape index (κ1) is 19.1. The van der Waals surface area contributed by atoms with Gasteiger partial charge in [-0.05, 0) is 12.1 Å². The summed E-state index contributed by atoms with van der Waals surface area (Å²) in [4.78, 5) is 3.02. The maximum absolute atomic E-state index is 10.5. The molecular weight excluding hydrogens is 366 g/mol. The number of aliphatic hydroxyl groups is 3. The molecule has 5 N–H and O–H groups in total. The molecule has 0 amide bonds. The topological polar surface area (TPSA) is 138 Å². The van der Waals surface area contributed by atoms with Crippen molar-refractivity contribution in [2.45, 2.75) is 37.2 Å². The molecule has 1 aliphatic rings. The van der Waals surface area contributed by atoms with Gasteiger partial charge < -0.3 is 35.1 Å². The van der Waals surface area contributed by atoms with Crippen LogP contribution in [0.1, 0.15) is 11.7 Å². The summed E-state index contributed by atoms with van der Waals surface area (Å²) in [7, 11) is 0. The van der Waals surface area contributed by atoms with E-state index in [4.69, 9.17) is 21.1 Å². The van der Waals surface area contributed by atoms with Gasteiger partial charge in [-0.25, -0.2) is 4.68 Å². The van der Waals surface area contributed by atoms with Gasteiger partial charge in [0.15, 0.2) is 6.29 Å². The molecule has 10 nitrogen and oxygen atoms in total. The van der Waals surface area contributed by atoms with Crippen molar-refractivity contribution in [2.24, 2.45) is 0 Å². The predicted octanol–water partition coefficient (Wildman–Crippen LogP) is -0.546. The molecule has 3 rings (SSSR count). The number of rotatable bonds is 8. The molecule has 11 heteroatoms. The van der Waals surface area contributed by atoms with E-state index in [1.54, 1.807) is 12.4 Å². The molecule has 0 saturated carbocycles. The molecule has 0 radical (unpaired) electrons. The Morgan fingerprint density at radius 3 is 2.92 bits per heavy atom. The predicted molar refractivity (Wildman–Crippen MR) is 91.6 cm³/mol. The van der Waals surface area contributed by atoms with Crippen LogP contribution in [-0.2, 0) is 16.0 Å². The molecule has 26 heavy (non-hydrogen) atoms. The number of nitrogens with one attached hydrogen (secondary N) is 2. The van der Waals surface area contributed by atoms with Gasteiger partial charge in [0, 0.05) is 12.1 Å². The van der Waals surface area contributed by atoms with Crippen LogP contribution in [0.4, 0.5) is 5.82 Å². The van der Waals surface area contributed by atoms with Crippen molar-refractivity contribution in [3.63, 3.8) is 0 Å². The third kappa shape index (κ3) is 4.17. The minimum absolute atomic E-state index is 0.180. The van der Waals surface area contributed by atoms with Crippen LogP contribution in [0.5, 0.6) is 0 Å². The summed E-state index contributed by atoms with van der Waals surface area (Å²) in [5.74, 6) is 1.07. The second kappa shape index (κ2) is 8.80. The van der Waals surface area contributed by atoms with Crippen molar-refractivity contribution in [1.82, 2.24) is 20.0 Å². The van der Waals surface area contributed by atoms with Gasteiger partial charge in [0.1, 0.15) is 35.9 Å². The first-order chi connectivity index (χ1) is 12.6. The molecule has 144 valence electrons. The Balaban J connectivity index is 1.73. The zero-order chi connectivity index (χ0) is 18.5. The lowest BCUT2D eigenvalue weighted by Crippen LogP contribution is -2.57. The number of aromatic nitrogens is 4. The van der Waals surface area contributed by atoms with Crippen molar-refractivity contribution in [1.29, 1.82) is 0 Å². The molecule has 0 bridgehead atoms. The molecular formula is C15H22ClN5O5. The number of hydrogen-bond donors (Lipinski definition) is 5. The summed E-state index contributed by atoms with van der Waals surface area (Å²) in [5.41, 5.74) is 0.627. The molecule has 0 aromatic carbocycles. The van der Waals surface area contributed by atoms with Gasteiger partial charge in [-0.1, -0.05) is 5.21 Å². The second-order valence-corrected chi connectivity index (χ2v) is 6.26. The Kier molecular flexibility index (Phi) is 6.46. The lowest BCUT2D eigenvalue weighted by molar-refractivity contribution is -0.280. The van der Waals surface area contributed by atoms with E-state index in [0.29, 0.717) is 12.2 Å². The zero-order valence-electron chi connectivity index (χ0n) is 13.9. The highest BCUT2D eigenvalue weighted by atomic mass is 35.5. The summed E-state index contributed by atoms with van der Waals surface area (Å²) in [6, 6.07) is 2.92. The van der Waals surface area contributed by atoms with E-state index in [9.17, 15) is 15.3 Å². The van der Waals surface area contributed by atoms with Crippen LogP contribution >= 0.6 is 11.6 Å². The van der Waals surface area contributed by atoms with Gasteiger partial charge in [0.25, 0.3) is 0 Å². The van der Waals surface area contributed by atoms with Crippen LogP contribution in [0, 0.1) is 0 Å². The van der Waals surface area contributed by atoms with Gasteiger partial charge >= 0.3 is 0 Å². The highest BCUT2D eigenvalue weighted by Crippen LogP contribution is 2.30. The number of aromatic amines is 1. The first-order valence-electron chi connectivity index (χ1n) is 8.22. The SMILES string of the molecule is OCC1O[C@H](OCCCl)C(n2cc(CNc3ccc[nH]3)nn2)[C@@H](O)[C@@H]1O. The molecule has 0 aliphatic carbocycles. The molecule has 2 aromatic rings. The Morgan fingerprint density at radius 1 is 1.38 bits per heavy atom. The quantitative estimate of drug-likeness (QED) is 0.380. The highest BCUT2D eigenvalue weighted by molar-refractivity contribution is 6.17. The molecule has 3 heterocycles. The number of halogens is 1. The Bertz CT molecular complexity index is 669. The lowest BCUT2D eigenvalue weighted by Gasteiger charge is -2.41. The van der Waals surface area contributed by atoms with E-state index in [1.165, 1.54) is 4.68 Å². The van der Waals surface area contributed by atoms with E-state index < -0.39 is 37.3 Å². The average Bonchev–Trinajstić information content (AvgIpc) is 3.32. The van der Waals surface area contributed by atoms with Crippen molar-refractivity contribution >= 4 is 17.4 Å². The van der Waals surface area contributed by atoms with E-state index in [2.05, 4.69) is 20.6 Å². The van der Waals surface area contributed by atoms with Crippen LogP contribution in [0.25, 0.3) is 0 Å². The van der Waals surface area contributed by atoms with Gasteiger partial charge in [-0.15, -0.1) is 16.7 Å². The van der Waals surface area contributed by atoms with Crippen molar-refractivity contribution in [2.75, 3.05) is 24.4 Å². The van der Waals surface area contributed by atoms with Crippen LogP contribution in [0.2, 0.25) is 0 Å². The zero-order valence-corrected chi connectivity index (χ0v) is 14.7. The number of nitrogens with zero attached hydrogens (tertiary/aromatic N) is 3. The highest BCUT2D eigenvalue weighted by Gasteiger charge is 2.46. The summed E-state index contributed by atoms with van der Waals surface area (Å²) in [5, 5.41) is 41.2. The summed E-state index contributed by atoms with van der Waals surface area (Å²) < 4.78 is 12.5. The third-order valence-corrected chi connectivity index (χ3v) is 4.28. The van der Waals surface area contributed by atoms with E-state index in [1.807, 2.05) is 12.1 Å². The first-order valence-corrected chi connectivity index (χ1v) is 8.75. The van der Waals surface area contributed by atoms with Crippen molar-refractivity contribution in [3.05, 3.63) is 30.2 Å². The molecule has 5 atom stereocenters. The fraction of sp³-hybridized carbons (Fsp3) is 0.600. The van der Waals surface area contributed by atoms with Crippen LogP contribution in [-0.4, -0.2) is 79.0 Å². The van der Waals surface area contributed by atoms with Crippen molar-refractivity contribution in [3.8, 4) is 0 Å². The maximum atomic E-state index is 10.5. The number of H-pyrrole nitrogens is 1. The molecule has 2 unspecified atom stereocenters. The normalized spacial score (nSPS) is 29.0. The molecule has 2 aromatic heterocycles. The number of ether oxygens (including phenoxy) is 2. The molecule has 1 fully saturated rings. The van der Waals surface area contributed by atoms with E-state index in [-0.39, 0.29) is 12.5 Å². The van der Waals surface area contributed by atoms with E-state index >= 15 is 0 Å². The maximum Gasteiger partial charge on any atom is 0.183 e. The van der Waals surface area contributed by atoms with Gasteiger partial charge in [-0.2, -0.15) is 0 Å². The summed E-state index contributed by atoms with van der Waals surface area (Å²) >= 11 is 5.66. The Morgan fingerprint density at radius 2 is 2.23 bits per heavy atom. The summed E-state index contributed by atoms with van der Waals surface area (Å²) in [6.45, 7) is 0.146. The van der Waals surface area contributed by atoms with Crippen molar-refractivity contribution < 1.29 is 24.8 Å². The number of alkyl halides is 1. The second-order valence-electron chi connectivity index (χ2n) is 5.88. The number of hydrogen-bond acceptors (Lipinski definition) is 8. The number of aliphatic hydroxyl groups excluding tert-OH is 3. The lowest BCUT2D eigenvalue weighted by atomic mass is 9.97. The monoisotopic (exact) mass is 387 g/mol. The van der Waals surface area contributed by atoms with Crippen LogP contribution in [0.15, 0.2) is 24.5 Å². The molecule has 1 aliphatic heterocycles. The Labute approximate surface area is 154 Å². The van der Waals surface area contributed by atoms with Gasteiger partial charge in [0.05, 0.1) is 26.0 Å². The molecule has 0 spiro atoms. The summed E-state index contributed by atoms with van der Waals surface area (Å²) in [6.07, 6.45) is -1.00. The standard InChI is InChI=1S/C15H22ClN5O5/c16-3-5-25-15-12(14(24)13(23)10(8-22)26-15)21-7-9(19-20-21)6-18-11-2-1-4-17-11/h1-2,4,7,10,12-15,17-18,22-24H,3,5-6,8H2/t10?,12?,13-,14-,15+/m1/s1. The van der Waals surface area contributed by atoms with Crippen LogP contribution < -0.4 is 5.32 Å². The largest absolute Gasteiger partial charge is 0.394 e.